The number of halogens is 6. The van der Waals surface area contributed by atoms with Crippen LogP contribution >= 0.6 is 0 Å². The maximum atomic E-state index is 13.0. The van der Waals surface area contributed by atoms with Crippen molar-refractivity contribution in [2.45, 2.75) is 51.2 Å². The predicted molar refractivity (Wildman–Crippen MR) is 261 cm³/mol. The summed E-state index contributed by atoms with van der Waals surface area (Å²) < 4.78 is 107. The molecule has 0 saturated heterocycles. The summed E-state index contributed by atoms with van der Waals surface area (Å²) >= 11 is 0. The fourth-order valence-corrected chi connectivity index (χ4v) is 6.78. The average molecular weight is 1010 g/mol. The van der Waals surface area contributed by atoms with E-state index in [4.69, 9.17) is 34.2 Å². The van der Waals surface area contributed by atoms with Crippen molar-refractivity contribution < 1.29 is 73.9 Å². The lowest BCUT2D eigenvalue weighted by Gasteiger charge is -2.16. The van der Waals surface area contributed by atoms with E-state index in [-0.39, 0.29) is 61.9 Å². The summed E-state index contributed by atoms with van der Waals surface area (Å²) in [6, 6.07) is 35.0. The van der Waals surface area contributed by atoms with Crippen LogP contribution in [0.1, 0.15) is 68.7 Å². The van der Waals surface area contributed by atoms with Crippen molar-refractivity contribution in [1.82, 2.24) is 0 Å². The molecule has 0 saturated carbocycles. The van der Waals surface area contributed by atoms with Crippen molar-refractivity contribution in [3.8, 4) is 34.1 Å². The Hall–Kier alpha value is -8.54. The molecule has 0 aromatic heterocycles. The van der Waals surface area contributed by atoms with Gasteiger partial charge < -0.3 is 39.5 Å². The van der Waals surface area contributed by atoms with Gasteiger partial charge in [0.2, 0.25) is 0 Å². The molecule has 0 radical (unpaired) electrons. The van der Waals surface area contributed by atoms with Crippen molar-refractivity contribution in [2.75, 3.05) is 31.3 Å². The smallest absolute Gasteiger partial charge is 0.389 e. The first-order valence-corrected chi connectivity index (χ1v) is 22.5. The fraction of sp³-hybridized carbons (Fsp3) is 0.200. The number of carbonyl (C=O) groups is 4. The molecule has 6 aromatic rings. The minimum atomic E-state index is -4.26. The number of alkyl halides is 6. The van der Waals surface area contributed by atoms with Gasteiger partial charge in [-0.05, 0) is 155 Å². The van der Waals surface area contributed by atoms with Gasteiger partial charge in [0, 0.05) is 43.4 Å². The molecule has 0 heterocycles. The molecule has 0 amide bonds. The lowest BCUT2D eigenvalue weighted by Crippen LogP contribution is -2.10. The molecule has 6 rings (SSSR count). The number of rotatable bonds is 22. The number of anilines is 2. The molecule has 380 valence electrons. The number of ether oxygens (including phenoxy) is 6. The summed E-state index contributed by atoms with van der Waals surface area (Å²) in [5.41, 5.74) is 11.5. The van der Waals surface area contributed by atoms with Gasteiger partial charge in [-0.1, -0.05) is 36.4 Å². The number of carbonyl (C=O) groups excluding carboxylic acids is 4. The molecular weight excluding hydrogens is 963 g/mol. The largest absolute Gasteiger partial charge is 0.494 e. The standard InChI is InChI=1S/C55H48F6N2O10/c1-63-43-15-25-49(41(33-43)35-71-51(65)27-9-37-6-18-47(19-7-37)73-53(67)39-12-22-45(23-13-39)69-31-3-29-55(59,60)61)48-24-14-42(62)32-40(48)34-70-50(64)26-8-36-4-16-46(17-5-36)72-52(66)38-10-20-44(21-11-38)68-30-2-28-54(56,57)58/h4-27,32-33,63H,2-3,28-31,34-35,62H2,1H3/b26-8+,27-9+. The number of hydrogen-bond donors (Lipinski definition) is 2. The molecule has 0 bridgehead atoms. The van der Waals surface area contributed by atoms with Crippen LogP contribution in [-0.4, -0.2) is 56.5 Å². The lowest BCUT2D eigenvalue weighted by molar-refractivity contribution is -0.139. The van der Waals surface area contributed by atoms with Crippen LogP contribution in [-0.2, 0) is 32.3 Å². The zero-order chi connectivity index (χ0) is 52.4. The van der Waals surface area contributed by atoms with Gasteiger partial charge in [0.25, 0.3) is 0 Å². The highest BCUT2D eigenvalue weighted by molar-refractivity contribution is 5.92. The number of esters is 4. The number of hydrogen-bond acceptors (Lipinski definition) is 12. The molecule has 73 heavy (non-hydrogen) atoms. The highest BCUT2D eigenvalue weighted by Crippen LogP contribution is 2.32. The number of nitrogen functional groups attached to an aromatic ring is 1. The topological polar surface area (TPSA) is 162 Å². The first-order chi connectivity index (χ1) is 34.9. The third-order valence-electron chi connectivity index (χ3n) is 10.5. The summed E-state index contributed by atoms with van der Waals surface area (Å²) in [7, 11) is 1.74. The fourth-order valence-electron chi connectivity index (χ4n) is 6.78. The van der Waals surface area contributed by atoms with Gasteiger partial charge in [-0.15, -0.1) is 0 Å². The van der Waals surface area contributed by atoms with Gasteiger partial charge in [-0.25, -0.2) is 19.2 Å². The van der Waals surface area contributed by atoms with Crippen molar-refractivity contribution in [1.29, 1.82) is 0 Å². The zero-order valence-corrected chi connectivity index (χ0v) is 39.1. The molecule has 12 nitrogen and oxygen atoms in total. The van der Waals surface area contributed by atoms with E-state index in [0.29, 0.717) is 50.6 Å². The Bertz CT molecular complexity index is 2880. The quantitative estimate of drug-likeness (QED) is 0.0166. The molecule has 0 aliphatic heterocycles. The second kappa shape index (κ2) is 25.5. The van der Waals surface area contributed by atoms with Crippen LogP contribution in [0.5, 0.6) is 23.0 Å². The Morgan fingerprint density at radius 2 is 0.918 bits per heavy atom. The maximum Gasteiger partial charge on any atom is 0.389 e. The Morgan fingerprint density at radius 3 is 1.33 bits per heavy atom. The predicted octanol–water partition coefficient (Wildman–Crippen LogP) is 12.4. The lowest BCUT2D eigenvalue weighted by atomic mass is 9.95. The zero-order valence-electron chi connectivity index (χ0n) is 39.1. The highest BCUT2D eigenvalue weighted by Gasteiger charge is 2.27. The summed E-state index contributed by atoms with van der Waals surface area (Å²) in [4.78, 5) is 51.2. The first-order valence-electron chi connectivity index (χ1n) is 22.5. The SMILES string of the molecule is CNc1ccc(-c2ccc(N)cc2COC(=O)/C=C/c2ccc(OC(=O)c3ccc(OCCCC(F)(F)F)cc3)cc2)c(COC(=O)/C=C/c2ccc(OC(=O)c3ccc(OCCCC(F)(F)F)cc3)cc2)c1. The molecule has 0 atom stereocenters. The summed E-state index contributed by atoms with van der Waals surface area (Å²) in [6.07, 6.45) is -5.27. The Morgan fingerprint density at radius 1 is 0.521 bits per heavy atom. The molecule has 0 aliphatic carbocycles. The van der Waals surface area contributed by atoms with Crippen LogP contribution in [0.3, 0.4) is 0 Å². The van der Waals surface area contributed by atoms with Gasteiger partial charge in [-0.3, -0.25) is 0 Å². The van der Waals surface area contributed by atoms with Gasteiger partial charge in [0.15, 0.2) is 0 Å². The van der Waals surface area contributed by atoms with E-state index >= 15 is 0 Å². The molecule has 0 fully saturated rings. The van der Waals surface area contributed by atoms with E-state index in [2.05, 4.69) is 5.32 Å². The second-order valence-electron chi connectivity index (χ2n) is 16.0. The summed E-state index contributed by atoms with van der Waals surface area (Å²) in [6.45, 7) is -0.526. The van der Waals surface area contributed by atoms with Crippen LogP contribution in [0.4, 0.5) is 37.7 Å². The molecule has 6 aromatic carbocycles. The van der Waals surface area contributed by atoms with E-state index in [1.807, 2.05) is 18.2 Å². The molecule has 0 unspecified atom stereocenters. The third-order valence-corrected chi connectivity index (χ3v) is 10.5. The molecule has 0 aliphatic rings. The molecule has 3 N–H and O–H groups in total. The van der Waals surface area contributed by atoms with E-state index in [0.717, 1.165) is 5.69 Å². The number of nitrogens with one attached hydrogen (secondary N) is 1. The van der Waals surface area contributed by atoms with E-state index < -0.39 is 49.1 Å². The average Bonchev–Trinajstić information content (AvgIpc) is 3.37. The normalized spacial score (nSPS) is 11.5. The van der Waals surface area contributed by atoms with Gasteiger partial charge >= 0.3 is 36.2 Å². The molecule has 18 heteroatoms. The molecular formula is C55H48F6N2O10. The second-order valence-corrected chi connectivity index (χ2v) is 16.0. The van der Waals surface area contributed by atoms with E-state index in [1.165, 1.54) is 85.0 Å². The summed E-state index contributed by atoms with van der Waals surface area (Å²) in [5, 5.41) is 3.08. The van der Waals surface area contributed by atoms with Crippen molar-refractivity contribution in [3.05, 3.63) is 179 Å². The molecule has 0 spiro atoms. The first kappa shape index (κ1) is 53.8. The third kappa shape index (κ3) is 18.0. The highest BCUT2D eigenvalue weighted by atomic mass is 19.4. The number of nitrogens with two attached hydrogens (primary N) is 1. The number of benzene rings is 6. The minimum absolute atomic E-state index is 0.124. The van der Waals surface area contributed by atoms with Gasteiger partial charge in [0.1, 0.15) is 36.2 Å². The van der Waals surface area contributed by atoms with Crippen molar-refractivity contribution in [3.63, 3.8) is 0 Å². The van der Waals surface area contributed by atoms with Crippen molar-refractivity contribution in [2.24, 2.45) is 0 Å². The monoisotopic (exact) mass is 1010 g/mol. The van der Waals surface area contributed by atoms with E-state index in [1.54, 1.807) is 61.6 Å². The van der Waals surface area contributed by atoms with Crippen molar-refractivity contribution >= 4 is 47.4 Å². The van der Waals surface area contributed by atoms with Crippen LogP contribution in [0.2, 0.25) is 0 Å². The van der Waals surface area contributed by atoms with Crippen LogP contribution in [0.15, 0.2) is 146 Å². The minimum Gasteiger partial charge on any atom is -0.494 e. The van der Waals surface area contributed by atoms with E-state index in [9.17, 15) is 45.5 Å². The van der Waals surface area contributed by atoms with Crippen LogP contribution in [0, 0.1) is 0 Å². The Labute approximate surface area is 415 Å². The Kier molecular flexibility index (Phi) is 18.8. The maximum absolute atomic E-state index is 13.0. The van der Waals surface area contributed by atoms with Gasteiger partial charge in [0.05, 0.1) is 24.3 Å². The Balaban J connectivity index is 0.986. The van der Waals surface area contributed by atoms with Gasteiger partial charge in [-0.2, -0.15) is 26.3 Å². The van der Waals surface area contributed by atoms with Crippen LogP contribution in [0.25, 0.3) is 23.3 Å². The van der Waals surface area contributed by atoms with Crippen LogP contribution < -0.4 is 30.0 Å². The summed E-state index contributed by atoms with van der Waals surface area (Å²) in [5.74, 6) is -1.53.